The van der Waals surface area contributed by atoms with Crippen molar-refractivity contribution in [3.8, 4) is 17.2 Å². The molecule has 0 heterocycles. The molecule has 0 aromatic heterocycles. The van der Waals surface area contributed by atoms with Crippen LogP contribution in [0.1, 0.15) is 22.0 Å². The van der Waals surface area contributed by atoms with Crippen LogP contribution in [0.25, 0.3) is 0 Å². The number of aliphatic hydroxyl groups excluding tert-OH is 1. The Hall–Kier alpha value is -3.31. The molecule has 2 N–H and O–H groups in total. The van der Waals surface area contributed by atoms with Gasteiger partial charge in [0.15, 0.2) is 0 Å². The third-order valence-electron chi connectivity index (χ3n) is 4.06. The molecule has 138 valence electrons. The van der Waals surface area contributed by atoms with Gasteiger partial charge in [-0.15, -0.1) is 0 Å². The minimum absolute atomic E-state index is 0.223. The fourth-order valence-corrected chi connectivity index (χ4v) is 2.66. The number of carbonyl (C=O) groups excluding carboxylic acids is 1. The van der Waals surface area contributed by atoms with Crippen LogP contribution in [-0.2, 0) is 0 Å². The fourth-order valence-electron chi connectivity index (χ4n) is 2.66. The van der Waals surface area contributed by atoms with Gasteiger partial charge in [-0.05, 0) is 48.0 Å². The van der Waals surface area contributed by atoms with E-state index in [4.69, 9.17) is 9.47 Å². The van der Waals surface area contributed by atoms with Crippen LogP contribution in [0.15, 0.2) is 78.9 Å². The molecule has 5 nitrogen and oxygen atoms in total. The van der Waals surface area contributed by atoms with Crippen LogP contribution in [0.4, 0.5) is 0 Å². The highest BCUT2D eigenvalue weighted by Crippen LogP contribution is 2.23. The first-order chi connectivity index (χ1) is 13.2. The topological polar surface area (TPSA) is 67.8 Å². The highest BCUT2D eigenvalue weighted by Gasteiger charge is 2.16. The Morgan fingerprint density at radius 2 is 1.63 bits per heavy atom. The molecule has 0 saturated carbocycles. The summed E-state index contributed by atoms with van der Waals surface area (Å²) in [4.78, 5) is 12.6. The summed E-state index contributed by atoms with van der Waals surface area (Å²) in [5, 5.41) is 12.5. The fraction of sp³-hybridized carbons (Fsp3) is 0.136. The first kappa shape index (κ1) is 18.5. The van der Waals surface area contributed by atoms with Crippen LogP contribution in [0, 0.1) is 0 Å². The van der Waals surface area contributed by atoms with Gasteiger partial charge in [0, 0.05) is 5.56 Å². The Morgan fingerprint density at radius 1 is 0.926 bits per heavy atom. The molecule has 0 aliphatic heterocycles. The van der Waals surface area contributed by atoms with Crippen molar-refractivity contribution in [3.63, 3.8) is 0 Å². The maximum Gasteiger partial charge on any atom is 0.251 e. The second-order valence-corrected chi connectivity index (χ2v) is 5.93. The zero-order valence-electron chi connectivity index (χ0n) is 15.0. The van der Waals surface area contributed by atoms with Gasteiger partial charge in [-0.2, -0.15) is 0 Å². The summed E-state index contributed by atoms with van der Waals surface area (Å²) in [5.74, 6) is 1.63. The van der Waals surface area contributed by atoms with Crippen LogP contribution >= 0.6 is 0 Å². The maximum absolute atomic E-state index is 12.6. The van der Waals surface area contributed by atoms with Crippen LogP contribution in [0.2, 0.25) is 0 Å². The number of nitrogens with one attached hydrogen (secondary N) is 1. The highest BCUT2D eigenvalue weighted by molar-refractivity contribution is 5.94. The van der Waals surface area contributed by atoms with E-state index in [0.29, 0.717) is 22.8 Å². The quantitative estimate of drug-likeness (QED) is 0.667. The third-order valence-corrected chi connectivity index (χ3v) is 4.06. The number of ether oxygens (including phenoxy) is 2. The molecule has 0 fully saturated rings. The van der Waals surface area contributed by atoms with Crippen LogP contribution in [0.3, 0.4) is 0 Å². The van der Waals surface area contributed by atoms with E-state index < -0.39 is 6.04 Å². The molecular formula is C22H21NO4. The average molecular weight is 363 g/mol. The zero-order valence-corrected chi connectivity index (χ0v) is 15.0. The summed E-state index contributed by atoms with van der Waals surface area (Å²) < 4.78 is 11.0. The second kappa shape index (κ2) is 8.87. The summed E-state index contributed by atoms with van der Waals surface area (Å²) in [6, 6.07) is 23.0. The summed E-state index contributed by atoms with van der Waals surface area (Å²) in [7, 11) is 1.57. The molecule has 27 heavy (non-hydrogen) atoms. The minimum atomic E-state index is -0.536. The number of methoxy groups -OCH3 is 1. The summed E-state index contributed by atoms with van der Waals surface area (Å²) >= 11 is 0. The zero-order chi connectivity index (χ0) is 19.1. The molecule has 0 radical (unpaired) electrons. The summed E-state index contributed by atoms with van der Waals surface area (Å²) in [6.07, 6.45) is 0. The van der Waals surface area contributed by atoms with Crippen LogP contribution < -0.4 is 14.8 Å². The average Bonchev–Trinajstić information content (AvgIpc) is 2.72. The molecule has 3 aromatic carbocycles. The Morgan fingerprint density at radius 3 is 2.37 bits per heavy atom. The van der Waals surface area contributed by atoms with E-state index in [-0.39, 0.29) is 12.5 Å². The highest BCUT2D eigenvalue weighted by atomic mass is 16.5. The van der Waals surface area contributed by atoms with Crippen molar-refractivity contribution in [1.29, 1.82) is 0 Å². The lowest BCUT2D eigenvalue weighted by atomic mass is 10.1. The van der Waals surface area contributed by atoms with Crippen molar-refractivity contribution in [3.05, 3.63) is 90.0 Å². The van der Waals surface area contributed by atoms with Crippen molar-refractivity contribution < 1.29 is 19.4 Å². The first-order valence-electron chi connectivity index (χ1n) is 8.58. The van der Waals surface area contributed by atoms with Gasteiger partial charge in [0.1, 0.15) is 17.2 Å². The third kappa shape index (κ3) is 4.86. The van der Waals surface area contributed by atoms with Crippen LogP contribution in [-0.4, -0.2) is 24.7 Å². The van der Waals surface area contributed by atoms with Crippen molar-refractivity contribution >= 4 is 5.91 Å². The lowest BCUT2D eigenvalue weighted by Crippen LogP contribution is -2.30. The van der Waals surface area contributed by atoms with Gasteiger partial charge in [0.05, 0.1) is 19.8 Å². The van der Waals surface area contributed by atoms with Gasteiger partial charge in [-0.1, -0.05) is 36.4 Å². The Bertz CT molecular complexity index is 896. The van der Waals surface area contributed by atoms with E-state index in [1.807, 2.05) is 48.5 Å². The number of hydrogen-bond acceptors (Lipinski definition) is 4. The number of aliphatic hydroxyl groups is 1. The van der Waals surface area contributed by atoms with Gasteiger partial charge in [0.25, 0.3) is 5.91 Å². The smallest absolute Gasteiger partial charge is 0.251 e. The number of para-hydroxylation sites is 1. The lowest BCUT2D eigenvalue weighted by molar-refractivity contribution is 0.0916. The molecule has 1 amide bonds. The minimum Gasteiger partial charge on any atom is -0.497 e. The van der Waals surface area contributed by atoms with Gasteiger partial charge < -0.3 is 19.9 Å². The van der Waals surface area contributed by atoms with Crippen molar-refractivity contribution in [2.24, 2.45) is 0 Å². The number of benzene rings is 3. The molecule has 0 aliphatic rings. The Kier molecular flexibility index (Phi) is 6.07. The van der Waals surface area contributed by atoms with Gasteiger partial charge in [-0.3, -0.25) is 4.79 Å². The molecule has 0 bridgehead atoms. The van der Waals surface area contributed by atoms with Gasteiger partial charge in [-0.25, -0.2) is 0 Å². The maximum atomic E-state index is 12.6. The molecule has 0 aliphatic carbocycles. The molecule has 5 heteroatoms. The number of hydrogen-bond donors (Lipinski definition) is 2. The molecule has 0 saturated heterocycles. The Labute approximate surface area is 158 Å². The normalized spacial score (nSPS) is 11.5. The first-order valence-corrected chi connectivity index (χ1v) is 8.58. The summed E-state index contributed by atoms with van der Waals surface area (Å²) in [6.45, 7) is -0.223. The Balaban J connectivity index is 1.73. The van der Waals surface area contributed by atoms with Crippen LogP contribution in [0.5, 0.6) is 17.2 Å². The predicted molar refractivity (Wildman–Crippen MR) is 103 cm³/mol. The molecule has 3 aromatic rings. The number of rotatable bonds is 7. The SMILES string of the molecule is COc1cccc([C@H](CO)NC(=O)c2cccc(Oc3ccccc3)c2)c1. The molecular weight excluding hydrogens is 342 g/mol. The standard InChI is InChI=1S/C22H21NO4/c1-26-19-11-5-7-16(13-19)21(15-24)23-22(25)17-8-6-12-20(14-17)27-18-9-3-2-4-10-18/h2-14,21,24H,15H2,1H3,(H,23,25)/t21-/m0/s1. The van der Waals surface area contributed by atoms with E-state index in [2.05, 4.69) is 5.32 Å². The predicted octanol–water partition coefficient (Wildman–Crippen LogP) is 3.95. The van der Waals surface area contributed by atoms with E-state index in [9.17, 15) is 9.90 Å². The second-order valence-electron chi connectivity index (χ2n) is 5.93. The molecule has 0 unspecified atom stereocenters. The van der Waals surface area contributed by atoms with E-state index in [0.717, 1.165) is 5.56 Å². The summed E-state index contributed by atoms with van der Waals surface area (Å²) in [5.41, 5.74) is 1.21. The molecule has 1 atom stereocenters. The van der Waals surface area contributed by atoms with Crippen molar-refractivity contribution in [2.75, 3.05) is 13.7 Å². The molecule has 3 rings (SSSR count). The van der Waals surface area contributed by atoms with Gasteiger partial charge >= 0.3 is 0 Å². The van der Waals surface area contributed by atoms with E-state index in [1.54, 1.807) is 37.4 Å². The monoisotopic (exact) mass is 363 g/mol. The number of amides is 1. The largest absolute Gasteiger partial charge is 0.497 e. The van der Waals surface area contributed by atoms with E-state index >= 15 is 0 Å². The van der Waals surface area contributed by atoms with E-state index in [1.165, 1.54) is 0 Å². The van der Waals surface area contributed by atoms with Crippen molar-refractivity contribution in [2.45, 2.75) is 6.04 Å². The number of carbonyl (C=O) groups is 1. The lowest BCUT2D eigenvalue weighted by Gasteiger charge is -2.18. The van der Waals surface area contributed by atoms with Gasteiger partial charge in [0.2, 0.25) is 0 Å². The van der Waals surface area contributed by atoms with Crippen molar-refractivity contribution in [1.82, 2.24) is 5.32 Å². The molecule has 0 spiro atoms.